The summed E-state index contributed by atoms with van der Waals surface area (Å²) >= 11 is 1.36. The smallest absolute Gasteiger partial charge is 0.234 e. The van der Waals surface area contributed by atoms with Gasteiger partial charge in [-0.15, -0.1) is 0 Å². The maximum absolute atomic E-state index is 12.6. The third-order valence-electron chi connectivity index (χ3n) is 5.09. The van der Waals surface area contributed by atoms with Gasteiger partial charge >= 0.3 is 0 Å². The number of furan rings is 1. The lowest BCUT2D eigenvalue weighted by Crippen LogP contribution is -2.14. The largest absolute Gasteiger partial charge is 0.497 e. The lowest BCUT2D eigenvalue weighted by Gasteiger charge is -2.11. The summed E-state index contributed by atoms with van der Waals surface area (Å²) in [7, 11) is 1.64. The Bertz CT molecular complexity index is 1250. The number of benzene rings is 2. The highest BCUT2D eigenvalue weighted by Gasteiger charge is 2.17. The highest BCUT2D eigenvalue weighted by molar-refractivity contribution is 7.99. The van der Waals surface area contributed by atoms with Gasteiger partial charge in [0, 0.05) is 17.3 Å². The number of ether oxygens (including phenoxy) is 3. The van der Waals surface area contributed by atoms with Gasteiger partial charge in [0.15, 0.2) is 16.7 Å². The number of amides is 1. The first-order valence-electron chi connectivity index (χ1n) is 10.2. The van der Waals surface area contributed by atoms with Gasteiger partial charge in [-0.3, -0.25) is 4.79 Å². The van der Waals surface area contributed by atoms with Gasteiger partial charge in [0.1, 0.15) is 11.5 Å². The van der Waals surface area contributed by atoms with Crippen LogP contribution in [-0.2, 0) is 11.3 Å². The van der Waals surface area contributed by atoms with Crippen LogP contribution in [0.5, 0.6) is 17.2 Å². The van der Waals surface area contributed by atoms with Gasteiger partial charge in [-0.05, 0) is 48.5 Å². The number of nitrogens with zero attached hydrogens (tertiary/aromatic N) is 2. The molecule has 2 aromatic carbocycles. The van der Waals surface area contributed by atoms with Crippen molar-refractivity contribution in [3.05, 3.63) is 72.8 Å². The van der Waals surface area contributed by atoms with Crippen LogP contribution in [0.2, 0.25) is 0 Å². The average molecular weight is 464 g/mol. The number of carbonyl (C=O) groups is 1. The molecule has 0 spiro atoms. The Labute approximate surface area is 194 Å². The summed E-state index contributed by atoms with van der Waals surface area (Å²) in [4.78, 5) is 17.2. The van der Waals surface area contributed by atoms with Gasteiger partial charge in [-0.1, -0.05) is 11.8 Å². The van der Waals surface area contributed by atoms with E-state index in [4.69, 9.17) is 18.6 Å². The van der Waals surface area contributed by atoms with Crippen LogP contribution in [0.3, 0.4) is 0 Å². The minimum Gasteiger partial charge on any atom is -0.497 e. The van der Waals surface area contributed by atoms with Gasteiger partial charge in [0.25, 0.3) is 0 Å². The summed E-state index contributed by atoms with van der Waals surface area (Å²) < 4.78 is 23.5. The van der Waals surface area contributed by atoms with Crippen molar-refractivity contribution in [1.29, 1.82) is 0 Å². The van der Waals surface area contributed by atoms with Gasteiger partial charge in [-0.25, -0.2) is 4.98 Å². The molecule has 1 amide bonds. The first-order chi connectivity index (χ1) is 16.2. The molecule has 1 N–H and O–H groups in total. The minimum atomic E-state index is -0.141. The number of hydrogen-bond donors (Lipinski definition) is 1. The maximum Gasteiger partial charge on any atom is 0.234 e. The second kappa shape index (κ2) is 9.33. The molecule has 4 aromatic rings. The molecule has 33 heavy (non-hydrogen) atoms. The van der Waals surface area contributed by atoms with Crippen LogP contribution in [-0.4, -0.2) is 35.1 Å². The summed E-state index contributed by atoms with van der Waals surface area (Å²) in [5.41, 5.74) is 2.57. The van der Waals surface area contributed by atoms with E-state index in [0.717, 1.165) is 27.9 Å². The fraction of sp³-hybridized carbons (Fsp3) is 0.167. The number of thioether (sulfide) groups is 1. The molecule has 0 radical (unpaired) electrons. The number of nitrogens with one attached hydrogen (secondary N) is 1. The van der Waals surface area contributed by atoms with Crippen LogP contribution in [0.4, 0.5) is 5.69 Å². The Morgan fingerprint density at radius 3 is 2.79 bits per heavy atom. The summed E-state index contributed by atoms with van der Waals surface area (Å²) in [6, 6.07) is 16.9. The number of methoxy groups -OCH3 is 1. The summed E-state index contributed by atoms with van der Waals surface area (Å²) in [5.74, 6) is 2.94. The molecule has 9 heteroatoms. The van der Waals surface area contributed by atoms with Crippen LogP contribution >= 0.6 is 11.8 Å². The van der Waals surface area contributed by atoms with E-state index in [1.54, 1.807) is 31.6 Å². The van der Waals surface area contributed by atoms with Crippen molar-refractivity contribution < 1.29 is 23.4 Å². The third-order valence-corrected chi connectivity index (χ3v) is 6.08. The van der Waals surface area contributed by atoms with Crippen molar-refractivity contribution in [2.45, 2.75) is 11.7 Å². The van der Waals surface area contributed by atoms with E-state index < -0.39 is 0 Å². The van der Waals surface area contributed by atoms with Crippen LogP contribution in [0.25, 0.3) is 11.3 Å². The molecular weight excluding hydrogens is 442 g/mol. The maximum atomic E-state index is 12.6. The number of anilines is 1. The van der Waals surface area contributed by atoms with Gasteiger partial charge in [-0.2, -0.15) is 0 Å². The lowest BCUT2D eigenvalue weighted by molar-refractivity contribution is -0.113. The number of imidazole rings is 1. The van der Waals surface area contributed by atoms with E-state index in [0.29, 0.717) is 23.7 Å². The van der Waals surface area contributed by atoms with Crippen molar-refractivity contribution in [2.24, 2.45) is 0 Å². The summed E-state index contributed by atoms with van der Waals surface area (Å²) in [5, 5.41) is 3.61. The molecule has 0 atom stereocenters. The number of fused-ring (bicyclic) bond motifs is 1. The van der Waals surface area contributed by atoms with Gasteiger partial charge < -0.3 is 28.5 Å². The second-order valence-electron chi connectivity index (χ2n) is 7.22. The zero-order valence-electron chi connectivity index (χ0n) is 17.8. The number of hydrogen-bond acceptors (Lipinski definition) is 7. The summed E-state index contributed by atoms with van der Waals surface area (Å²) in [6.07, 6.45) is 3.45. The normalized spacial score (nSPS) is 12.0. The van der Waals surface area contributed by atoms with E-state index in [1.807, 2.05) is 47.2 Å². The summed E-state index contributed by atoms with van der Waals surface area (Å²) in [6.45, 7) is 0.692. The van der Waals surface area contributed by atoms with Crippen molar-refractivity contribution in [3.63, 3.8) is 0 Å². The molecule has 0 aliphatic carbocycles. The van der Waals surface area contributed by atoms with E-state index >= 15 is 0 Å². The fourth-order valence-electron chi connectivity index (χ4n) is 3.48. The Hall–Kier alpha value is -3.85. The van der Waals surface area contributed by atoms with E-state index in [2.05, 4.69) is 10.3 Å². The molecule has 168 valence electrons. The molecule has 5 rings (SSSR count). The molecule has 8 nitrogen and oxygen atoms in total. The Kier molecular flexibility index (Phi) is 5.95. The van der Waals surface area contributed by atoms with Crippen molar-refractivity contribution >= 4 is 23.4 Å². The van der Waals surface area contributed by atoms with Gasteiger partial charge in [0.2, 0.25) is 12.7 Å². The predicted octanol–water partition coefficient (Wildman–Crippen LogP) is 4.66. The monoisotopic (exact) mass is 463 g/mol. The first kappa shape index (κ1) is 21.0. The molecule has 0 saturated carbocycles. The topological polar surface area (TPSA) is 87.8 Å². The fourth-order valence-corrected chi connectivity index (χ4v) is 4.26. The molecule has 0 unspecified atom stereocenters. The second-order valence-corrected chi connectivity index (χ2v) is 8.17. The molecule has 0 saturated heterocycles. The number of carbonyl (C=O) groups excluding carboxylic acids is 1. The highest BCUT2D eigenvalue weighted by atomic mass is 32.2. The van der Waals surface area contributed by atoms with Gasteiger partial charge in [0.05, 0.1) is 37.6 Å². The zero-order valence-corrected chi connectivity index (χ0v) is 18.6. The molecular formula is C24H21N3O5S. The Morgan fingerprint density at radius 1 is 1.15 bits per heavy atom. The molecule has 2 aromatic heterocycles. The predicted molar refractivity (Wildman–Crippen MR) is 124 cm³/mol. The van der Waals surface area contributed by atoms with Crippen molar-refractivity contribution in [2.75, 3.05) is 25.0 Å². The third kappa shape index (κ3) is 4.68. The average Bonchev–Trinajstić information content (AvgIpc) is 3.59. The van der Waals surface area contributed by atoms with Crippen LogP contribution in [0, 0.1) is 0 Å². The molecule has 1 aliphatic heterocycles. The highest BCUT2D eigenvalue weighted by Crippen LogP contribution is 2.34. The van der Waals surface area contributed by atoms with E-state index in [-0.39, 0.29) is 18.5 Å². The molecule has 0 fully saturated rings. The molecule has 0 bridgehead atoms. The zero-order chi connectivity index (χ0) is 22.6. The standard InChI is InChI=1S/C24H21N3O5S/c1-29-18-7-4-16(5-8-18)20-12-25-24(27(20)13-19-3-2-10-30-19)33-14-23(28)26-17-6-9-21-22(11-17)32-15-31-21/h2-12H,13-15H2,1H3,(H,26,28). The van der Waals surface area contributed by atoms with E-state index in [1.165, 1.54) is 11.8 Å². The van der Waals surface area contributed by atoms with Crippen molar-refractivity contribution in [1.82, 2.24) is 9.55 Å². The Balaban J connectivity index is 1.32. The van der Waals surface area contributed by atoms with Crippen LogP contribution < -0.4 is 19.5 Å². The minimum absolute atomic E-state index is 0.141. The number of aromatic nitrogens is 2. The Morgan fingerprint density at radius 2 is 2.00 bits per heavy atom. The number of rotatable bonds is 8. The lowest BCUT2D eigenvalue weighted by atomic mass is 10.1. The van der Waals surface area contributed by atoms with Crippen molar-refractivity contribution in [3.8, 4) is 28.5 Å². The first-order valence-corrected chi connectivity index (χ1v) is 11.2. The SMILES string of the molecule is COc1ccc(-c2cnc(SCC(=O)Nc3ccc4c(c3)OCO4)n2Cc2ccco2)cc1. The molecule has 3 heterocycles. The quantitative estimate of drug-likeness (QED) is 0.380. The molecule has 1 aliphatic rings. The van der Waals surface area contributed by atoms with E-state index in [9.17, 15) is 4.79 Å². The van der Waals surface area contributed by atoms with Crippen LogP contribution in [0.15, 0.2) is 76.6 Å². The van der Waals surface area contributed by atoms with Crippen LogP contribution in [0.1, 0.15) is 5.76 Å².